The molecule has 3 N–H and O–H groups in total. The van der Waals surface area contributed by atoms with Crippen LogP contribution in [0.5, 0.6) is 5.75 Å². The topological polar surface area (TPSA) is 70.8 Å². The highest BCUT2D eigenvalue weighted by Crippen LogP contribution is 2.28. The van der Waals surface area contributed by atoms with Gasteiger partial charge in [0.1, 0.15) is 5.75 Å². The highest BCUT2D eigenvalue weighted by molar-refractivity contribution is 5.97. The van der Waals surface area contributed by atoms with E-state index in [0.29, 0.717) is 17.0 Å². The van der Waals surface area contributed by atoms with E-state index in [2.05, 4.69) is 22.2 Å². The second-order valence-corrected chi connectivity index (χ2v) is 6.69. The van der Waals surface area contributed by atoms with Gasteiger partial charge < -0.3 is 25.6 Å². The summed E-state index contributed by atoms with van der Waals surface area (Å²) in [6.45, 7) is 9.18. The number of likely N-dealkylation sites (N-methyl/N-ethyl adjacent to an activating group) is 1. The number of nitrogen functional groups attached to an aromatic ring is 1. The summed E-state index contributed by atoms with van der Waals surface area (Å²) in [5.74, 6) is 0.553. The van der Waals surface area contributed by atoms with Crippen LogP contribution in [0.25, 0.3) is 0 Å². The smallest absolute Gasteiger partial charge is 0.251 e. The van der Waals surface area contributed by atoms with Gasteiger partial charge in [-0.1, -0.05) is 0 Å². The van der Waals surface area contributed by atoms with Crippen LogP contribution < -0.4 is 15.8 Å². The highest BCUT2D eigenvalue weighted by Gasteiger charge is 2.18. The molecule has 6 nitrogen and oxygen atoms in total. The summed E-state index contributed by atoms with van der Waals surface area (Å²) in [7, 11) is 3.79. The van der Waals surface area contributed by atoms with Crippen molar-refractivity contribution < 1.29 is 9.53 Å². The van der Waals surface area contributed by atoms with Crippen molar-refractivity contribution in [2.45, 2.75) is 26.4 Å². The lowest BCUT2D eigenvalue weighted by Gasteiger charge is -2.32. The van der Waals surface area contributed by atoms with E-state index in [4.69, 9.17) is 10.5 Å². The molecule has 0 saturated carbocycles. The van der Waals surface area contributed by atoms with Gasteiger partial charge in [0, 0.05) is 45.3 Å². The number of nitrogens with zero attached hydrogens (tertiary/aromatic N) is 2. The van der Waals surface area contributed by atoms with E-state index in [1.807, 2.05) is 19.9 Å². The molecule has 24 heavy (non-hydrogen) atoms. The average molecular weight is 334 g/mol. The van der Waals surface area contributed by atoms with Gasteiger partial charge in [-0.25, -0.2) is 0 Å². The Balaban J connectivity index is 2.16. The SMILES string of the molecule is CNC(=O)c1cc(N)c(OC(C)C)cc1CCN1CCN(C)CC1. The maximum Gasteiger partial charge on any atom is 0.251 e. The minimum atomic E-state index is -0.105. The fraction of sp³-hybridized carbons (Fsp3) is 0.611. The number of ether oxygens (including phenoxy) is 1. The van der Waals surface area contributed by atoms with Gasteiger partial charge >= 0.3 is 0 Å². The van der Waals surface area contributed by atoms with Gasteiger partial charge in [0.25, 0.3) is 5.91 Å². The fourth-order valence-corrected chi connectivity index (χ4v) is 2.90. The monoisotopic (exact) mass is 334 g/mol. The zero-order chi connectivity index (χ0) is 17.7. The number of benzene rings is 1. The van der Waals surface area contributed by atoms with Crippen molar-refractivity contribution in [1.82, 2.24) is 15.1 Å². The van der Waals surface area contributed by atoms with Crippen LogP contribution >= 0.6 is 0 Å². The molecule has 0 spiro atoms. The van der Waals surface area contributed by atoms with Crippen molar-refractivity contribution in [2.24, 2.45) is 0 Å². The lowest BCUT2D eigenvalue weighted by Crippen LogP contribution is -2.45. The Kier molecular flexibility index (Phi) is 6.45. The normalized spacial score (nSPS) is 16.4. The van der Waals surface area contributed by atoms with Gasteiger partial charge in [0.05, 0.1) is 11.8 Å². The molecule has 0 atom stereocenters. The molecular weight excluding hydrogens is 304 g/mol. The predicted molar refractivity (Wildman–Crippen MR) is 97.6 cm³/mol. The van der Waals surface area contributed by atoms with Crippen molar-refractivity contribution in [3.63, 3.8) is 0 Å². The molecule has 1 aromatic rings. The molecule has 1 saturated heterocycles. The Morgan fingerprint density at radius 1 is 1.29 bits per heavy atom. The number of nitrogens with one attached hydrogen (secondary N) is 1. The number of hydrogen-bond acceptors (Lipinski definition) is 5. The van der Waals surface area contributed by atoms with E-state index in [-0.39, 0.29) is 12.0 Å². The molecule has 134 valence electrons. The summed E-state index contributed by atoms with van der Waals surface area (Å²) >= 11 is 0. The fourth-order valence-electron chi connectivity index (χ4n) is 2.90. The summed E-state index contributed by atoms with van der Waals surface area (Å²) in [6, 6.07) is 3.66. The van der Waals surface area contributed by atoms with Gasteiger partial charge in [0.15, 0.2) is 0 Å². The van der Waals surface area contributed by atoms with Crippen molar-refractivity contribution in [3.05, 3.63) is 23.3 Å². The molecule has 1 heterocycles. The first-order valence-corrected chi connectivity index (χ1v) is 8.62. The molecule has 1 amide bonds. The zero-order valence-corrected chi connectivity index (χ0v) is 15.3. The number of carbonyl (C=O) groups is 1. The maximum absolute atomic E-state index is 12.2. The van der Waals surface area contributed by atoms with Crippen LogP contribution in [0.4, 0.5) is 5.69 Å². The second-order valence-electron chi connectivity index (χ2n) is 6.69. The summed E-state index contributed by atoms with van der Waals surface area (Å²) in [4.78, 5) is 17.0. The molecule has 0 aromatic heterocycles. The van der Waals surface area contributed by atoms with Crippen LogP contribution in [0.1, 0.15) is 29.8 Å². The number of anilines is 1. The third kappa shape index (κ3) is 4.85. The molecule has 0 bridgehead atoms. The molecule has 1 aliphatic heterocycles. The van der Waals surface area contributed by atoms with Crippen molar-refractivity contribution in [1.29, 1.82) is 0 Å². The predicted octanol–water partition coefficient (Wildman–Crippen LogP) is 1.21. The van der Waals surface area contributed by atoms with E-state index in [1.54, 1.807) is 13.1 Å². The van der Waals surface area contributed by atoms with E-state index >= 15 is 0 Å². The minimum Gasteiger partial charge on any atom is -0.489 e. The van der Waals surface area contributed by atoms with Gasteiger partial charge in [-0.05, 0) is 45.0 Å². The van der Waals surface area contributed by atoms with E-state index in [9.17, 15) is 4.79 Å². The van der Waals surface area contributed by atoms with Crippen LogP contribution in [0.2, 0.25) is 0 Å². The molecule has 1 aliphatic rings. The van der Waals surface area contributed by atoms with E-state index < -0.39 is 0 Å². The molecule has 0 aliphatic carbocycles. The van der Waals surface area contributed by atoms with Crippen molar-refractivity contribution in [3.8, 4) is 5.75 Å². The molecular formula is C18H30N4O2. The highest BCUT2D eigenvalue weighted by atomic mass is 16.5. The first kappa shape index (κ1) is 18.5. The second kappa shape index (κ2) is 8.35. The standard InChI is InChI=1S/C18H30N4O2/c1-13(2)24-17-11-14(15(12-16(17)19)18(23)20-3)5-6-22-9-7-21(4)8-10-22/h11-13H,5-10,19H2,1-4H3,(H,20,23). The van der Waals surface area contributed by atoms with Gasteiger partial charge in [0.2, 0.25) is 0 Å². The van der Waals surface area contributed by atoms with Gasteiger partial charge in [-0.15, -0.1) is 0 Å². The summed E-state index contributed by atoms with van der Waals surface area (Å²) in [6.07, 6.45) is 0.852. The molecule has 6 heteroatoms. The molecule has 0 radical (unpaired) electrons. The van der Waals surface area contributed by atoms with E-state index in [1.165, 1.54) is 0 Å². The summed E-state index contributed by atoms with van der Waals surface area (Å²) < 4.78 is 5.78. The van der Waals surface area contributed by atoms with E-state index in [0.717, 1.165) is 44.7 Å². The third-order valence-corrected chi connectivity index (χ3v) is 4.36. The van der Waals surface area contributed by atoms with Crippen LogP contribution in [0.3, 0.4) is 0 Å². The average Bonchev–Trinajstić information content (AvgIpc) is 2.55. The molecule has 1 fully saturated rings. The number of piperazine rings is 1. The van der Waals surface area contributed by atoms with Gasteiger partial charge in [-0.2, -0.15) is 0 Å². The van der Waals surface area contributed by atoms with Crippen molar-refractivity contribution >= 4 is 11.6 Å². The third-order valence-electron chi connectivity index (χ3n) is 4.36. The summed E-state index contributed by atoms with van der Waals surface area (Å²) in [5.41, 5.74) is 8.19. The number of amides is 1. The molecule has 2 rings (SSSR count). The summed E-state index contributed by atoms with van der Waals surface area (Å²) in [5, 5.41) is 2.70. The quantitative estimate of drug-likeness (QED) is 0.765. The Morgan fingerprint density at radius 2 is 1.96 bits per heavy atom. The lowest BCUT2D eigenvalue weighted by atomic mass is 10.0. The number of carbonyl (C=O) groups excluding carboxylic acids is 1. The van der Waals surface area contributed by atoms with Crippen LogP contribution in [-0.2, 0) is 6.42 Å². The van der Waals surface area contributed by atoms with Gasteiger partial charge in [-0.3, -0.25) is 4.79 Å². The number of nitrogens with two attached hydrogens (primary N) is 1. The largest absolute Gasteiger partial charge is 0.489 e. The Labute approximate surface area is 144 Å². The van der Waals surface area contributed by atoms with Crippen LogP contribution in [0.15, 0.2) is 12.1 Å². The number of rotatable bonds is 6. The minimum absolute atomic E-state index is 0.0450. The lowest BCUT2D eigenvalue weighted by molar-refractivity contribution is 0.0961. The molecule has 1 aromatic carbocycles. The Bertz CT molecular complexity index is 566. The van der Waals surface area contributed by atoms with Crippen LogP contribution in [-0.4, -0.2) is 68.6 Å². The van der Waals surface area contributed by atoms with Crippen molar-refractivity contribution in [2.75, 3.05) is 52.6 Å². The Morgan fingerprint density at radius 3 is 2.54 bits per heavy atom. The van der Waals surface area contributed by atoms with Crippen LogP contribution in [0, 0.1) is 0 Å². The molecule has 0 unspecified atom stereocenters. The zero-order valence-electron chi connectivity index (χ0n) is 15.3. The maximum atomic E-state index is 12.2. The first-order valence-electron chi connectivity index (χ1n) is 8.62. The number of hydrogen-bond donors (Lipinski definition) is 2. The first-order chi connectivity index (χ1) is 11.4. The Hall–Kier alpha value is -1.79.